The Bertz CT molecular complexity index is 1790. The van der Waals surface area contributed by atoms with Crippen molar-refractivity contribution in [2.24, 2.45) is 0 Å². The summed E-state index contributed by atoms with van der Waals surface area (Å²) in [5.41, 5.74) is 1.38. The summed E-state index contributed by atoms with van der Waals surface area (Å²) in [6, 6.07) is 17.1. The highest BCUT2D eigenvalue weighted by atomic mass is 79.9. The standard InChI is InChI=1S/C16H23ClN2O3.C11H15ClN2O.C9H18N2O2.C7H6BrClO.CH4/c1-16(2,3)22-15(20)19-9-7-18(8-10-19)12-5-6-13(17)14(11-12)21-4;1-15-11-8-9(2-3-10(11)12)14-6-4-13-5-7-14;1-9(2,3)13-8(12)11-6-4-10-5-7-11;1-10-7-4-5(8)2-3-6(7)9;/h5-6,11H,7-10H2,1-4H3;2-3,8,13H,4-7H2,1H3;10H,4-7H2,1-3H3;2-4H,1H3;1H4. The van der Waals surface area contributed by atoms with Gasteiger partial charge in [0.2, 0.25) is 0 Å². The highest BCUT2D eigenvalue weighted by Crippen LogP contribution is 2.31. The molecule has 3 heterocycles. The molecule has 0 radical (unpaired) electrons. The van der Waals surface area contributed by atoms with Crippen molar-refractivity contribution in [2.45, 2.75) is 60.2 Å². The fourth-order valence-electron chi connectivity index (χ4n) is 5.89. The Labute approximate surface area is 387 Å². The Morgan fingerprint density at radius 1 is 0.541 bits per heavy atom. The molecule has 6 rings (SSSR count). The zero-order valence-corrected chi connectivity index (χ0v) is 40.2. The highest BCUT2D eigenvalue weighted by molar-refractivity contribution is 9.10. The van der Waals surface area contributed by atoms with Crippen LogP contribution < -0.4 is 34.6 Å². The third-order valence-corrected chi connectivity index (χ3v) is 10.4. The van der Waals surface area contributed by atoms with Crippen LogP contribution in [0.5, 0.6) is 17.2 Å². The SMILES string of the molecule is C.CC(C)(C)OC(=O)N1CCNCC1.COc1cc(Br)ccc1Cl.COc1cc(N2CCN(C(=O)OC(C)(C)C)CC2)ccc1Cl.COc1cc(N2CCNCC2)ccc1Cl. The van der Waals surface area contributed by atoms with E-state index in [4.69, 9.17) is 58.5 Å². The average Bonchev–Trinajstić information content (AvgIpc) is 3.22. The van der Waals surface area contributed by atoms with Crippen LogP contribution in [0, 0.1) is 0 Å². The van der Waals surface area contributed by atoms with E-state index in [1.807, 2.05) is 90.1 Å². The lowest BCUT2D eigenvalue weighted by molar-refractivity contribution is 0.0223. The summed E-state index contributed by atoms with van der Waals surface area (Å²) in [6.07, 6.45) is -0.449. The number of amides is 2. The van der Waals surface area contributed by atoms with Crippen LogP contribution in [0.4, 0.5) is 21.0 Å². The lowest BCUT2D eigenvalue weighted by Crippen LogP contribution is -2.50. The molecule has 3 fully saturated rings. The van der Waals surface area contributed by atoms with E-state index in [0.717, 1.165) is 81.4 Å². The van der Waals surface area contributed by atoms with E-state index in [2.05, 4.69) is 36.4 Å². The maximum absolute atomic E-state index is 12.0. The minimum absolute atomic E-state index is 0. The second kappa shape index (κ2) is 26.2. The summed E-state index contributed by atoms with van der Waals surface area (Å²) in [7, 11) is 4.84. The van der Waals surface area contributed by atoms with E-state index < -0.39 is 5.60 Å². The van der Waals surface area contributed by atoms with Crippen molar-refractivity contribution in [3.8, 4) is 17.2 Å². The van der Waals surface area contributed by atoms with Gasteiger partial charge in [0.05, 0.1) is 36.4 Å². The summed E-state index contributed by atoms with van der Waals surface area (Å²) < 4.78 is 27.0. The number of nitrogens with one attached hydrogen (secondary N) is 2. The molecular weight excluding hydrogens is 911 g/mol. The van der Waals surface area contributed by atoms with Crippen LogP contribution in [0.25, 0.3) is 0 Å². The van der Waals surface area contributed by atoms with Crippen LogP contribution in [-0.4, -0.2) is 133 Å². The summed E-state index contributed by atoms with van der Waals surface area (Å²) >= 11 is 21.1. The Kier molecular flexibility index (Phi) is 23.0. The number of hydrogen-bond donors (Lipinski definition) is 2. The Morgan fingerprint density at radius 3 is 1.26 bits per heavy atom. The smallest absolute Gasteiger partial charge is 0.410 e. The predicted molar refractivity (Wildman–Crippen MR) is 254 cm³/mol. The lowest BCUT2D eigenvalue weighted by atomic mass is 10.2. The number of hydrogen-bond acceptors (Lipinski definition) is 11. The van der Waals surface area contributed by atoms with Crippen molar-refractivity contribution in [3.63, 3.8) is 0 Å². The van der Waals surface area contributed by atoms with Gasteiger partial charge in [-0.1, -0.05) is 58.2 Å². The lowest BCUT2D eigenvalue weighted by Gasteiger charge is -2.36. The maximum Gasteiger partial charge on any atom is 0.410 e. The van der Waals surface area contributed by atoms with Crippen molar-refractivity contribution in [1.29, 1.82) is 0 Å². The molecule has 0 aliphatic carbocycles. The topological polar surface area (TPSA) is 117 Å². The van der Waals surface area contributed by atoms with Crippen LogP contribution in [-0.2, 0) is 9.47 Å². The first-order chi connectivity index (χ1) is 28.3. The summed E-state index contributed by atoms with van der Waals surface area (Å²) in [6.45, 7) is 21.4. The Hall–Kier alpha value is -3.53. The molecule has 0 unspecified atom stereocenters. The molecule has 17 heteroatoms. The average molecular weight is 977 g/mol. The van der Waals surface area contributed by atoms with Gasteiger partial charge >= 0.3 is 12.2 Å². The van der Waals surface area contributed by atoms with Crippen molar-refractivity contribution in [1.82, 2.24) is 20.4 Å². The van der Waals surface area contributed by atoms with Gasteiger partial charge in [0.15, 0.2) is 0 Å². The number of ether oxygens (including phenoxy) is 5. The Morgan fingerprint density at radius 2 is 0.885 bits per heavy atom. The van der Waals surface area contributed by atoms with Crippen LogP contribution in [0.2, 0.25) is 15.1 Å². The zero-order valence-electron chi connectivity index (χ0n) is 36.3. The molecule has 3 aromatic carbocycles. The first-order valence-corrected chi connectivity index (χ1v) is 21.8. The van der Waals surface area contributed by atoms with Gasteiger partial charge in [0, 0.05) is 107 Å². The fraction of sp³-hybridized carbons (Fsp3) is 0.545. The third kappa shape index (κ3) is 19.2. The van der Waals surface area contributed by atoms with E-state index in [1.165, 1.54) is 5.69 Å². The molecule has 3 saturated heterocycles. The van der Waals surface area contributed by atoms with Gasteiger partial charge in [-0.15, -0.1) is 0 Å². The van der Waals surface area contributed by atoms with Gasteiger partial charge in [0.1, 0.15) is 28.5 Å². The van der Waals surface area contributed by atoms with E-state index in [1.54, 1.807) is 37.2 Å². The van der Waals surface area contributed by atoms with Gasteiger partial charge in [-0.3, -0.25) is 0 Å². The number of anilines is 2. The molecule has 2 N–H and O–H groups in total. The number of piperazine rings is 3. The molecule has 13 nitrogen and oxygen atoms in total. The fourth-order valence-corrected chi connectivity index (χ4v) is 6.82. The third-order valence-electron chi connectivity index (χ3n) is 8.93. The predicted octanol–water partition coefficient (Wildman–Crippen LogP) is 9.74. The molecule has 0 atom stereocenters. The molecule has 3 aromatic rings. The van der Waals surface area contributed by atoms with Gasteiger partial charge in [0.25, 0.3) is 0 Å². The van der Waals surface area contributed by atoms with E-state index >= 15 is 0 Å². The van der Waals surface area contributed by atoms with Gasteiger partial charge < -0.3 is 53.9 Å². The molecule has 3 aliphatic heterocycles. The monoisotopic (exact) mass is 974 g/mol. The molecule has 61 heavy (non-hydrogen) atoms. The summed E-state index contributed by atoms with van der Waals surface area (Å²) in [4.78, 5) is 31.6. The number of benzene rings is 3. The van der Waals surface area contributed by atoms with Gasteiger partial charge in [-0.25, -0.2) is 9.59 Å². The van der Waals surface area contributed by atoms with Gasteiger partial charge in [-0.05, 0) is 84.0 Å². The minimum Gasteiger partial charge on any atom is -0.495 e. The van der Waals surface area contributed by atoms with Gasteiger partial charge in [-0.2, -0.15) is 0 Å². The van der Waals surface area contributed by atoms with Crippen molar-refractivity contribution < 1.29 is 33.3 Å². The zero-order chi connectivity index (χ0) is 44.5. The molecule has 3 aliphatic rings. The highest BCUT2D eigenvalue weighted by Gasteiger charge is 2.26. The normalized spacial score (nSPS) is 15.2. The van der Waals surface area contributed by atoms with Crippen molar-refractivity contribution >= 4 is 74.3 Å². The minimum atomic E-state index is -0.461. The number of nitrogens with zero attached hydrogens (tertiary/aromatic N) is 4. The van der Waals surface area contributed by atoms with Crippen molar-refractivity contribution in [2.75, 3.05) is 110 Å². The molecule has 2 amide bonds. The van der Waals surface area contributed by atoms with Crippen LogP contribution in [0.1, 0.15) is 49.0 Å². The molecular formula is C44H66BrCl3N6O7. The van der Waals surface area contributed by atoms with E-state index in [0.29, 0.717) is 39.7 Å². The Balaban J connectivity index is 0.000000290. The quantitative estimate of drug-likeness (QED) is 0.255. The number of carbonyl (C=O) groups excluding carboxylic acids is 2. The molecule has 0 aromatic heterocycles. The van der Waals surface area contributed by atoms with Crippen LogP contribution in [0.15, 0.2) is 59.1 Å². The molecule has 0 bridgehead atoms. The first-order valence-electron chi connectivity index (χ1n) is 19.9. The first kappa shape index (κ1) is 53.6. The second-order valence-electron chi connectivity index (χ2n) is 15.8. The number of rotatable bonds is 5. The summed E-state index contributed by atoms with van der Waals surface area (Å²) in [5, 5.41) is 8.40. The summed E-state index contributed by atoms with van der Waals surface area (Å²) in [5.74, 6) is 2.09. The van der Waals surface area contributed by atoms with Crippen LogP contribution in [0.3, 0.4) is 0 Å². The molecule has 0 saturated carbocycles. The number of methoxy groups -OCH3 is 3. The second-order valence-corrected chi connectivity index (χ2v) is 18.0. The van der Waals surface area contributed by atoms with E-state index in [9.17, 15) is 9.59 Å². The maximum atomic E-state index is 12.0. The van der Waals surface area contributed by atoms with Crippen molar-refractivity contribution in [3.05, 3.63) is 74.1 Å². The number of halogens is 4. The van der Waals surface area contributed by atoms with E-state index in [-0.39, 0.29) is 25.2 Å². The van der Waals surface area contributed by atoms with Crippen LogP contribution >= 0.6 is 50.7 Å². The molecule has 0 spiro atoms. The molecule has 342 valence electrons. The number of carbonyl (C=O) groups is 2. The largest absolute Gasteiger partial charge is 0.495 e.